The summed E-state index contributed by atoms with van der Waals surface area (Å²) in [6, 6.07) is 14.2. The minimum atomic E-state index is -0.462. The number of imidazole rings is 1. The van der Waals surface area contributed by atoms with Gasteiger partial charge in [-0.2, -0.15) is 0 Å². The van der Waals surface area contributed by atoms with Gasteiger partial charge in [-0.05, 0) is 56.5 Å². The van der Waals surface area contributed by atoms with E-state index in [0.717, 1.165) is 41.9 Å². The highest BCUT2D eigenvalue weighted by molar-refractivity contribution is 5.81. The van der Waals surface area contributed by atoms with Crippen LogP contribution in [0.25, 0.3) is 11.0 Å². The first-order chi connectivity index (χ1) is 15.5. The van der Waals surface area contributed by atoms with Gasteiger partial charge in [0.2, 0.25) is 5.91 Å². The van der Waals surface area contributed by atoms with Gasteiger partial charge in [0.05, 0.1) is 23.5 Å². The van der Waals surface area contributed by atoms with E-state index in [-0.39, 0.29) is 12.4 Å². The second-order valence-corrected chi connectivity index (χ2v) is 7.73. The number of aryl methyl sites for hydroxylation is 2. The standard InChI is InChI=1S/C24H31FN6O/c1-3-27-24(29-16-19(23(26)32)15-18-9-11-20(25)12-10-18)28-13-6-14-31-17(2)30-21-7-4-5-8-22(21)31/h4-5,7-12,19H,3,6,13-16H2,1-2H3,(H2,26,32)(H2,27,28,29). The molecule has 0 saturated heterocycles. The second-order valence-electron chi connectivity index (χ2n) is 7.73. The van der Waals surface area contributed by atoms with Gasteiger partial charge in [-0.3, -0.25) is 9.79 Å². The summed E-state index contributed by atoms with van der Waals surface area (Å²) >= 11 is 0. The average Bonchev–Trinajstić information content (AvgIpc) is 3.10. The fourth-order valence-electron chi connectivity index (χ4n) is 3.63. The van der Waals surface area contributed by atoms with Gasteiger partial charge < -0.3 is 20.9 Å². The highest BCUT2D eigenvalue weighted by Crippen LogP contribution is 2.15. The molecular formula is C24H31FN6O. The lowest BCUT2D eigenvalue weighted by molar-refractivity contribution is -0.121. The SMILES string of the molecule is CCNC(=NCC(Cc1ccc(F)cc1)C(N)=O)NCCCn1c(C)nc2ccccc21. The van der Waals surface area contributed by atoms with Crippen LogP contribution in [0.4, 0.5) is 4.39 Å². The van der Waals surface area contributed by atoms with Crippen LogP contribution in [0.5, 0.6) is 0 Å². The van der Waals surface area contributed by atoms with E-state index in [0.29, 0.717) is 18.9 Å². The summed E-state index contributed by atoms with van der Waals surface area (Å²) in [4.78, 5) is 21.1. The molecule has 1 heterocycles. The van der Waals surface area contributed by atoms with Crippen LogP contribution in [-0.4, -0.2) is 41.1 Å². The quantitative estimate of drug-likeness (QED) is 0.258. The van der Waals surface area contributed by atoms with E-state index in [1.54, 1.807) is 12.1 Å². The molecular weight excluding hydrogens is 407 g/mol. The highest BCUT2D eigenvalue weighted by atomic mass is 19.1. The number of carbonyl (C=O) groups is 1. The van der Waals surface area contributed by atoms with Crippen molar-refractivity contribution in [2.75, 3.05) is 19.6 Å². The average molecular weight is 439 g/mol. The lowest BCUT2D eigenvalue weighted by Gasteiger charge is -2.15. The Morgan fingerprint density at radius 2 is 1.94 bits per heavy atom. The molecule has 1 unspecified atom stereocenters. The topological polar surface area (TPSA) is 97.3 Å². The zero-order valence-corrected chi connectivity index (χ0v) is 18.6. The fourth-order valence-corrected chi connectivity index (χ4v) is 3.63. The molecule has 4 N–H and O–H groups in total. The predicted molar refractivity (Wildman–Crippen MR) is 126 cm³/mol. The fraction of sp³-hybridized carbons (Fsp3) is 0.375. The number of primary amides is 1. The minimum Gasteiger partial charge on any atom is -0.369 e. The Bertz CT molecular complexity index is 1060. The zero-order valence-electron chi connectivity index (χ0n) is 18.6. The van der Waals surface area contributed by atoms with Gasteiger partial charge in [-0.25, -0.2) is 9.37 Å². The highest BCUT2D eigenvalue weighted by Gasteiger charge is 2.16. The number of rotatable bonds is 10. The van der Waals surface area contributed by atoms with E-state index >= 15 is 0 Å². The molecule has 7 nitrogen and oxygen atoms in total. The van der Waals surface area contributed by atoms with Crippen LogP contribution in [0, 0.1) is 18.7 Å². The first-order valence-electron chi connectivity index (χ1n) is 11.0. The van der Waals surface area contributed by atoms with Crippen LogP contribution < -0.4 is 16.4 Å². The largest absolute Gasteiger partial charge is 0.369 e. The van der Waals surface area contributed by atoms with Crippen molar-refractivity contribution in [1.29, 1.82) is 0 Å². The van der Waals surface area contributed by atoms with Gasteiger partial charge >= 0.3 is 0 Å². The van der Waals surface area contributed by atoms with E-state index in [9.17, 15) is 9.18 Å². The third kappa shape index (κ3) is 6.29. The maximum Gasteiger partial charge on any atom is 0.222 e. The molecule has 0 radical (unpaired) electrons. The first kappa shape index (κ1) is 23.2. The van der Waals surface area contributed by atoms with Crippen molar-refractivity contribution in [2.24, 2.45) is 16.6 Å². The molecule has 0 aliphatic rings. The van der Waals surface area contributed by atoms with Crippen LogP contribution in [0.15, 0.2) is 53.5 Å². The number of amides is 1. The first-order valence-corrected chi connectivity index (χ1v) is 11.0. The Morgan fingerprint density at radius 1 is 1.19 bits per heavy atom. The predicted octanol–water partition coefficient (Wildman–Crippen LogP) is 2.77. The van der Waals surface area contributed by atoms with Crippen LogP contribution in [0.1, 0.15) is 24.7 Å². The van der Waals surface area contributed by atoms with E-state index in [1.165, 1.54) is 12.1 Å². The second kappa shape index (κ2) is 11.3. The van der Waals surface area contributed by atoms with Gasteiger partial charge in [0, 0.05) is 19.6 Å². The molecule has 2 aromatic carbocycles. The number of aromatic nitrogens is 2. The maximum atomic E-state index is 13.1. The van der Waals surface area contributed by atoms with Crippen LogP contribution in [0.2, 0.25) is 0 Å². The molecule has 8 heteroatoms. The third-order valence-corrected chi connectivity index (χ3v) is 5.31. The van der Waals surface area contributed by atoms with Crippen LogP contribution in [-0.2, 0) is 17.8 Å². The Balaban J connectivity index is 1.55. The van der Waals surface area contributed by atoms with Crippen molar-refractivity contribution in [3.8, 4) is 0 Å². The van der Waals surface area contributed by atoms with Crippen molar-refractivity contribution in [2.45, 2.75) is 33.2 Å². The normalized spacial score (nSPS) is 12.7. The number of guanidine groups is 1. The van der Waals surface area contributed by atoms with Crippen molar-refractivity contribution < 1.29 is 9.18 Å². The molecule has 1 atom stereocenters. The van der Waals surface area contributed by atoms with E-state index in [4.69, 9.17) is 5.73 Å². The molecule has 1 aromatic heterocycles. The maximum absolute atomic E-state index is 13.1. The number of para-hydroxylation sites is 2. The van der Waals surface area contributed by atoms with Crippen molar-refractivity contribution in [3.05, 3.63) is 65.7 Å². The Labute approximate surface area is 187 Å². The zero-order chi connectivity index (χ0) is 22.9. The summed E-state index contributed by atoms with van der Waals surface area (Å²) in [6.07, 6.45) is 1.31. The van der Waals surface area contributed by atoms with Gasteiger partial charge in [0.15, 0.2) is 5.96 Å². The number of nitrogens with zero attached hydrogens (tertiary/aromatic N) is 3. The number of fused-ring (bicyclic) bond motifs is 1. The minimum absolute atomic E-state index is 0.257. The van der Waals surface area contributed by atoms with E-state index < -0.39 is 11.8 Å². The molecule has 0 aliphatic carbocycles. The summed E-state index contributed by atoms with van der Waals surface area (Å²) in [7, 11) is 0. The summed E-state index contributed by atoms with van der Waals surface area (Å²) in [6.45, 7) is 6.53. The molecule has 32 heavy (non-hydrogen) atoms. The van der Waals surface area contributed by atoms with E-state index in [1.807, 2.05) is 32.0 Å². The lowest BCUT2D eigenvalue weighted by Crippen LogP contribution is -2.39. The van der Waals surface area contributed by atoms with Crippen LogP contribution >= 0.6 is 0 Å². The van der Waals surface area contributed by atoms with Crippen molar-refractivity contribution in [3.63, 3.8) is 0 Å². The number of halogens is 1. The van der Waals surface area contributed by atoms with Gasteiger partial charge in [0.25, 0.3) is 0 Å². The smallest absolute Gasteiger partial charge is 0.222 e. The molecule has 0 spiro atoms. The summed E-state index contributed by atoms with van der Waals surface area (Å²) in [5.41, 5.74) is 8.57. The van der Waals surface area contributed by atoms with Crippen molar-refractivity contribution in [1.82, 2.24) is 20.2 Å². The lowest BCUT2D eigenvalue weighted by atomic mass is 9.99. The van der Waals surface area contributed by atoms with Gasteiger partial charge in [0.1, 0.15) is 11.6 Å². The molecule has 3 aromatic rings. The Morgan fingerprint density at radius 3 is 2.66 bits per heavy atom. The number of nitrogens with two attached hydrogens (primary N) is 1. The molecule has 1 amide bonds. The molecule has 0 fully saturated rings. The van der Waals surface area contributed by atoms with Crippen molar-refractivity contribution >= 4 is 22.9 Å². The number of nitrogens with one attached hydrogen (secondary N) is 2. The summed E-state index contributed by atoms with van der Waals surface area (Å²) in [5, 5.41) is 6.52. The molecule has 0 bridgehead atoms. The number of benzene rings is 2. The summed E-state index contributed by atoms with van der Waals surface area (Å²) < 4.78 is 15.3. The number of carbonyl (C=O) groups excluding carboxylic acids is 1. The van der Waals surface area contributed by atoms with Crippen LogP contribution in [0.3, 0.4) is 0 Å². The van der Waals surface area contributed by atoms with Gasteiger partial charge in [-0.1, -0.05) is 24.3 Å². The molecule has 170 valence electrons. The molecule has 0 saturated carbocycles. The molecule has 0 aliphatic heterocycles. The third-order valence-electron chi connectivity index (χ3n) is 5.31. The number of hydrogen-bond donors (Lipinski definition) is 3. The number of hydrogen-bond acceptors (Lipinski definition) is 3. The monoisotopic (exact) mass is 438 g/mol. The number of aliphatic imine (C=N–C) groups is 1. The summed E-state index contributed by atoms with van der Waals surface area (Å²) in [5.74, 6) is 0.453. The van der Waals surface area contributed by atoms with Gasteiger partial charge in [-0.15, -0.1) is 0 Å². The Hall–Kier alpha value is -3.42. The van der Waals surface area contributed by atoms with E-state index in [2.05, 4.69) is 31.2 Å². The molecule has 3 rings (SSSR count). The Kier molecular flexibility index (Phi) is 8.19.